The second-order valence-electron chi connectivity index (χ2n) is 6.68. The number of hydrogen-bond donors (Lipinski definition) is 1. The van der Waals surface area contributed by atoms with Crippen molar-refractivity contribution < 1.29 is 9.18 Å². The molecule has 0 radical (unpaired) electrons. The highest BCUT2D eigenvalue weighted by Crippen LogP contribution is 2.29. The van der Waals surface area contributed by atoms with Crippen LogP contribution in [0.15, 0.2) is 58.5 Å². The normalized spacial score (nSPS) is 11.0. The first kappa shape index (κ1) is 20.2. The van der Waals surface area contributed by atoms with E-state index in [9.17, 15) is 14.0 Å². The monoisotopic (exact) mass is 440 g/mol. The number of fused-ring (bicyclic) bond motifs is 1. The minimum absolute atomic E-state index is 0.0561. The van der Waals surface area contributed by atoms with Crippen molar-refractivity contribution in [1.82, 2.24) is 13.9 Å². The van der Waals surface area contributed by atoms with E-state index >= 15 is 0 Å². The van der Waals surface area contributed by atoms with Gasteiger partial charge in [-0.05, 0) is 42.7 Å². The van der Waals surface area contributed by atoms with Crippen LogP contribution in [0.25, 0.3) is 21.5 Å². The number of rotatable bonds is 5. The number of carbonyl (C=O) groups is 1. The molecule has 1 amide bonds. The zero-order valence-corrected chi connectivity index (χ0v) is 17.8. The molecule has 2 aromatic heterocycles. The molecule has 30 heavy (non-hydrogen) atoms. The quantitative estimate of drug-likeness (QED) is 0.371. The van der Waals surface area contributed by atoms with Crippen molar-refractivity contribution in [3.05, 3.63) is 70.3 Å². The minimum Gasteiger partial charge on any atom is -0.325 e. The number of carbonyl (C=O) groups excluding carboxylic acids is 1. The van der Waals surface area contributed by atoms with Gasteiger partial charge in [0.1, 0.15) is 21.7 Å². The van der Waals surface area contributed by atoms with Gasteiger partial charge >= 0.3 is 0 Å². The molecule has 0 spiro atoms. The lowest BCUT2D eigenvalue weighted by Gasteiger charge is -2.08. The van der Waals surface area contributed by atoms with E-state index in [0.717, 1.165) is 34.4 Å². The van der Waals surface area contributed by atoms with Crippen LogP contribution in [0.2, 0.25) is 0 Å². The van der Waals surface area contributed by atoms with Crippen LogP contribution < -0.4 is 10.9 Å². The van der Waals surface area contributed by atoms with Crippen LogP contribution in [0.1, 0.15) is 5.56 Å². The highest BCUT2D eigenvalue weighted by Gasteiger charge is 2.17. The maximum absolute atomic E-state index is 13.0. The Hall–Kier alpha value is -3.04. The first-order chi connectivity index (χ1) is 14.4. The second kappa shape index (κ2) is 8.37. The Labute approximate surface area is 179 Å². The number of aryl methyl sites for hydroxylation is 1. The van der Waals surface area contributed by atoms with E-state index in [0.29, 0.717) is 26.8 Å². The molecule has 2 heterocycles. The third kappa shape index (κ3) is 4.12. The number of benzene rings is 2. The number of thioether (sulfide) groups is 1. The molecule has 0 saturated heterocycles. The Morgan fingerprint density at radius 2 is 1.87 bits per heavy atom. The summed E-state index contributed by atoms with van der Waals surface area (Å²) < 4.78 is 19.3. The van der Waals surface area contributed by atoms with E-state index in [4.69, 9.17) is 0 Å². The van der Waals surface area contributed by atoms with E-state index < -0.39 is 0 Å². The SMILES string of the molecule is Cc1ccc(-c2nsc3c(=O)n(C)c(SCC(=O)Nc4ccc(F)cc4)nc23)cc1. The van der Waals surface area contributed by atoms with Crippen LogP contribution in [-0.4, -0.2) is 25.6 Å². The second-order valence-corrected chi connectivity index (χ2v) is 8.39. The predicted octanol–water partition coefficient (Wildman–Crippen LogP) is 4.24. The molecule has 6 nitrogen and oxygen atoms in total. The van der Waals surface area contributed by atoms with Crippen molar-refractivity contribution in [2.75, 3.05) is 11.1 Å². The fourth-order valence-electron chi connectivity index (χ4n) is 2.83. The molecule has 0 unspecified atom stereocenters. The molecule has 4 rings (SSSR count). The Kier molecular flexibility index (Phi) is 5.65. The number of halogens is 1. The van der Waals surface area contributed by atoms with Gasteiger partial charge in [-0.15, -0.1) is 0 Å². The number of nitrogens with one attached hydrogen (secondary N) is 1. The average molecular weight is 441 g/mol. The van der Waals surface area contributed by atoms with Crippen LogP contribution in [0, 0.1) is 12.7 Å². The smallest absolute Gasteiger partial charge is 0.273 e. The lowest BCUT2D eigenvalue weighted by Crippen LogP contribution is -2.20. The summed E-state index contributed by atoms with van der Waals surface area (Å²) in [6.07, 6.45) is 0. The maximum Gasteiger partial charge on any atom is 0.273 e. The summed E-state index contributed by atoms with van der Waals surface area (Å²) in [5.41, 5.74) is 3.52. The molecule has 2 aromatic carbocycles. The van der Waals surface area contributed by atoms with Crippen LogP contribution in [0.4, 0.5) is 10.1 Å². The van der Waals surface area contributed by atoms with Crippen molar-refractivity contribution in [2.45, 2.75) is 12.1 Å². The van der Waals surface area contributed by atoms with Crippen molar-refractivity contribution >= 4 is 45.1 Å². The fraction of sp³-hybridized carbons (Fsp3) is 0.143. The Morgan fingerprint density at radius 1 is 1.17 bits per heavy atom. The first-order valence-corrected chi connectivity index (χ1v) is 10.8. The Bertz CT molecular complexity index is 1280. The molecule has 0 saturated carbocycles. The van der Waals surface area contributed by atoms with Gasteiger partial charge in [0, 0.05) is 18.3 Å². The molecular weight excluding hydrogens is 423 g/mol. The van der Waals surface area contributed by atoms with Gasteiger partial charge in [0.15, 0.2) is 5.16 Å². The third-order valence-electron chi connectivity index (χ3n) is 4.45. The van der Waals surface area contributed by atoms with Crippen molar-refractivity contribution in [2.24, 2.45) is 7.05 Å². The van der Waals surface area contributed by atoms with E-state index in [-0.39, 0.29) is 23.0 Å². The summed E-state index contributed by atoms with van der Waals surface area (Å²) in [4.78, 5) is 29.6. The summed E-state index contributed by atoms with van der Waals surface area (Å²) in [6.45, 7) is 2.00. The van der Waals surface area contributed by atoms with Crippen molar-refractivity contribution in [3.8, 4) is 11.3 Å². The number of aromatic nitrogens is 3. The molecule has 152 valence electrons. The summed E-state index contributed by atoms with van der Waals surface area (Å²) in [6, 6.07) is 13.4. The molecule has 0 aliphatic heterocycles. The van der Waals surface area contributed by atoms with Gasteiger partial charge in [-0.25, -0.2) is 9.37 Å². The van der Waals surface area contributed by atoms with Crippen molar-refractivity contribution in [1.29, 1.82) is 0 Å². The lowest BCUT2D eigenvalue weighted by atomic mass is 10.1. The predicted molar refractivity (Wildman–Crippen MR) is 119 cm³/mol. The van der Waals surface area contributed by atoms with Gasteiger partial charge in [0.25, 0.3) is 5.56 Å². The molecular formula is C21H17FN4O2S2. The van der Waals surface area contributed by atoms with E-state index in [1.54, 1.807) is 7.05 Å². The van der Waals surface area contributed by atoms with Gasteiger partial charge in [-0.1, -0.05) is 41.6 Å². The Balaban J connectivity index is 1.59. The molecule has 0 atom stereocenters. The van der Waals surface area contributed by atoms with E-state index in [1.165, 1.54) is 28.8 Å². The third-order valence-corrected chi connectivity index (χ3v) is 6.30. The fourth-order valence-corrected chi connectivity index (χ4v) is 4.41. The topological polar surface area (TPSA) is 76.9 Å². The largest absolute Gasteiger partial charge is 0.325 e. The Morgan fingerprint density at radius 3 is 2.57 bits per heavy atom. The summed E-state index contributed by atoms with van der Waals surface area (Å²) in [7, 11) is 1.63. The minimum atomic E-state index is -0.372. The highest BCUT2D eigenvalue weighted by atomic mass is 32.2. The maximum atomic E-state index is 13.0. The lowest BCUT2D eigenvalue weighted by molar-refractivity contribution is -0.113. The average Bonchev–Trinajstić information content (AvgIpc) is 3.16. The summed E-state index contributed by atoms with van der Waals surface area (Å²) >= 11 is 2.28. The van der Waals surface area contributed by atoms with E-state index in [2.05, 4.69) is 14.7 Å². The van der Waals surface area contributed by atoms with Crippen LogP contribution >= 0.6 is 23.3 Å². The van der Waals surface area contributed by atoms with E-state index in [1.807, 2.05) is 31.2 Å². The zero-order chi connectivity index (χ0) is 21.3. The van der Waals surface area contributed by atoms with Crippen LogP contribution in [-0.2, 0) is 11.8 Å². The molecule has 4 aromatic rings. The van der Waals surface area contributed by atoms with Gasteiger partial charge < -0.3 is 5.32 Å². The summed E-state index contributed by atoms with van der Waals surface area (Å²) in [5.74, 6) is -0.590. The summed E-state index contributed by atoms with van der Waals surface area (Å²) in [5, 5.41) is 3.12. The number of nitrogens with zero attached hydrogens (tertiary/aromatic N) is 3. The first-order valence-electron chi connectivity index (χ1n) is 9.04. The highest BCUT2D eigenvalue weighted by molar-refractivity contribution is 7.99. The van der Waals surface area contributed by atoms with Crippen LogP contribution in [0.3, 0.4) is 0 Å². The number of amides is 1. The zero-order valence-electron chi connectivity index (χ0n) is 16.2. The number of hydrogen-bond acceptors (Lipinski definition) is 6. The molecule has 0 bridgehead atoms. The van der Waals surface area contributed by atoms with Gasteiger partial charge in [-0.3, -0.25) is 14.2 Å². The molecule has 0 fully saturated rings. The van der Waals surface area contributed by atoms with Gasteiger partial charge in [0.05, 0.1) is 5.75 Å². The van der Waals surface area contributed by atoms with Gasteiger partial charge in [-0.2, -0.15) is 4.37 Å². The van der Waals surface area contributed by atoms with Crippen LogP contribution in [0.5, 0.6) is 0 Å². The molecule has 9 heteroatoms. The standard InChI is InChI=1S/C21H17FN4O2S2/c1-12-3-5-13(6-4-12)17-18-19(30-25-17)20(28)26(2)21(24-18)29-11-16(27)23-15-9-7-14(22)8-10-15/h3-10H,11H2,1-2H3,(H,23,27). The van der Waals surface area contributed by atoms with Gasteiger partial charge in [0.2, 0.25) is 5.91 Å². The molecule has 0 aliphatic rings. The van der Waals surface area contributed by atoms with Crippen molar-refractivity contribution in [3.63, 3.8) is 0 Å². The molecule has 0 aliphatic carbocycles. The molecule has 1 N–H and O–H groups in total. The number of anilines is 1.